The summed E-state index contributed by atoms with van der Waals surface area (Å²) in [5.41, 5.74) is 1.03. The fraction of sp³-hybridized carbons (Fsp3) is 0.611. The molecule has 2 aliphatic rings. The second-order valence-corrected chi connectivity index (χ2v) is 7.53. The minimum Gasteiger partial charge on any atom is -0.493 e. The van der Waals surface area contributed by atoms with Crippen molar-refractivity contribution in [1.82, 2.24) is 4.90 Å². The Hall–Kier alpha value is -1.27. The van der Waals surface area contributed by atoms with Gasteiger partial charge in [-0.05, 0) is 42.9 Å². The summed E-state index contributed by atoms with van der Waals surface area (Å²) in [5, 5.41) is 9.66. The highest BCUT2D eigenvalue weighted by Gasteiger charge is 2.45. The maximum absolute atomic E-state index is 11.8. The van der Waals surface area contributed by atoms with Gasteiger partial charge in [-0.15, -0.1) is 0 Å². The van der Waals surface area contributed by atoms with Crippen LogP contribution in [0.1, 0.15) is 37.7 Å². The molecule has 2 fully saturated rings. The number of hydrogen-bond acceptors (Lipinski definition) is 4. The Bertz CT molecular complexity index is 621. The van der Waals surface area contributed by atoms with Crippen LogP contribution in [0.3, 0.4) is 0 Å². The van der Waals surface area contributed by atoms with Gasteiger partial charge in [0.15, 0.2) is 11.5 Å². The van der Waals surface area contributed by atoms with Crippen molar-refractivity contribution >= 4 is 21.9 Å². The predicted octanol–water partition coefficient (Wildman–Crippen LogP) is 3.68. The number of carboxylic acid groups (broad SMARTS) is 1. The highest BCUT2D eigenvalue weighted by atomic mass is 79.9. The summed E-state index contributed by atoms with van der Waals surface area (Å²) < 4.78 is 11.6. The summed E-state index contributed by atoms with van der Waals surface area (Å²) in [5.74, 6) is 1.14. The SMILES string of the molecule is COc1cc(Br)c(CN2C(C(=O)O)CC3CCCCC32)cc1OC. The molecule has 24 heavy (non-hydrogen) atoms. The molecule has 5 nitrogen and oxygen atoms in total. The Morgan fingerprint density at radius 1 is 1.25 bits per heavy atom. The van der Waals surface area contributed by atoms with Gasteiger partial charge in [-0.2, -0.15) is 0 Å². The number of aliphatic carboxylic acids is 1. The first-order valence-electron chi connectivity index (χ1n) is 8.44. The van der Waals surface area contributed by atoms with Crippen molar-refractivity contribution < 1.29 is 19.4 Å². The molecule has 1 saturated carbocycles. The van der Waals surface area contributed by atoms with Crippen molar-refractivity contribution in [2.24, 2.45) is 5.92 Å². The maximum Gasteiger partial charge on any atom is 0.320 e. The van der Waals surface area contributed by atoms with E-state index in [9.17, 15) is 9.90 Å². The molecule has 1 aromatic carbocycles. The molecule has 3 rings (SSSR count). The predicted molar refractivity (Wildman–Crippen MR) is 94.6 cm³/mol. The third-order valence-electron chi connectivity index (χ3n) is 5.41. The molecule has 6 heteroatoms. The molecule has 0 spiro atoms. The van der Waals surface area contributed by atoms with Gasteiger partial charge in [-0.1, -0.05) is 28.8 Å². The zero-order valence-electron chi connectivity index (χ0n) is 14.1. The first kappa shape index (κ1) is 17.5. The average Bonchev–Trinajstić information content (AvgIpc) is 2.95. The van der Waals surface area contributed by atoms with Crippen LogP contribution in [0.4, 0.5) is 0 Å². The Kier molecular flexibility index (Phi) is 5.35. The number of fused-ring (bicyclic) bond motifs is 1. The molecule has 3 unspecified atom stereocenters. The summed E-state index contributed by atoms with van der Waals surface area (Å²) in [6.07, 6.45) is 5.43. The summed E-state index contributed by atoms with van der Waals surface area (Å²) in [6, 6.07) is 3.81. The summed E-state index contributed by atoms with van der Waals surface area (Å²) in [6.45, 7) is 0.610. The lowest BCUT2D eigenvalue weighted by atomic mass is 9.84. The van der Waals surface area contributed by atoms with Crippen molar-refractivity contribution in [3.8, 4) is 11.5 Å². The van der Waals surface area contributed by atoms with Crippen molar-refractivity contribution in [2.45, 2.75) is 50.7 Å². The quantitative estimate of drug-likeness (QED) is 0.820. The Balaban J connectivity index is 1.89. The number of carboxylic acids is 1. The van der Waals surface area contributed by atoms with Crippen LogP contribution in [0.5, 0.6) is 11.5 Å². The molecule has 1 aliphatic carbocycles. The smallest absolute Gasteiger partial charge is 0.320 e. The largest absolute Gasteiger partial charge is 0.493 e. The molecular formula is C18H24BrNO4. The van der Waals surface area contributed by atoms with Crippen molar-refractivity contribution in [1.29, 1.82) is 0 Å². The van der Waals surface area contributed by atoms with Crippen molar-refractivity contribution in [3.05, 3.63) is 22.2 Å². The highest BCUT2D eigenvalue weighted by Crippen LogP contribution is 2.42. The molecule has 3 atom stereocenters. The molecule has 0 bridgehead atoms. The number of methoxy groups -OCH3 is 2. The minimum atomic E-state index is -0.707. The molecule has 132 valence electrons. The van der Waals surface area contributed by atoms with Gasteiger partial charge in [-0.25, -0.2) is 0 Å². The van der Waals surface area contributed by atoms with E-state index in [2.05, 4.69) is 20.8 Å². The molecule has 1 aromatic rings. The molecule has 0 aromatic heterocycles. The molecular weight excluding hydrogens is 374 g/mol. The maximum atomic E-state index is 11.8. The van der Waals surface area contributed by atoms with Crippen LogP contribution in [-0.4, -0.2) is 42.3 Å². The van der Waals surface area contributed by atoms with Crippen LogP contribution in [0.15, 0.2) is 16.6 Å². The van der Waals surface area contributed by atoms with Gasteiger partial charge in [0.05, 0.1) is 14.2 Å². The van der Waals surface area contributed by atoms with Gasteiger partial charge >= 0.3 is 5.97 Å². The van der Waals surface area contributed by atoms with E-state index in [0.29, 0.717) is 30.0 Å². The van der Waals surface area contributed by atoms with Gasteiger partial charge in [0, 0.05) is 17.1 Å². The van der Waals surface area contributed by atoms with E-state index in [-0.39, 0.29) is 0 Å². The second-order valence-electron chi connectivity index (χ2n) is 6.67. The van der Waals surface area contributed by atoms with Gasteiger partial charge in [0.2, 0.25) is 0 Å². The monoisotopic (exact) mass is 397 g/mol. The summed E-state index contributed by atoms with van der Waals surface area (Å²) in [4.78, 5) is 13.9. The third-order valence-corrected chi connectivity index (χ3v) is 6.15. The van der Waals surface area contributed by atoms with Crippen LogP contribution in [0.25, 0.3) is 0 Å². The van der Waals surface area contributed by atoms with Crippen molar-refractivity contribution in [2.75, 3.05) is 14.2 Å². The van der Waals surface area contributed by atoms with Crippen LogP contribution >= 0.6 is 15.9 Å². The Morgan fingerprint density at radius 3 is 2.58 bits per heavy atom. The van der Waals surface area contributed by atoms with Crippen LogP contribution in [0.2, 0.25) is 0 Å². The normalized spacial score (nSPS) is 26.9. The third kappa shape index (κ3) is 3.26. The van der Waals surface area contributed by atoms with E-state index in [1.165, 1.54) is 12.8 Å². The molecule has 1 heterocycles. The van der Waals surface area contributed by atoms with Gasteiger partial charge in [0.1, 0.15) is 6.04 Å². The lowest BCUT2D eigenvalue weighted by Crippen LogP contribution is -2.41. The van der Waals surface area contributed by atoms with E-state index in [1.54, 1.807) is 14.2 Å². The number of nitrogens with zero attached hydrogens (tertiary/aromatic N) is 1. The molecule has 0 amide bonds. The van der Waals surface area contributed by atoms with Crippen LogP contribution < -0.4 is 9.47 Å². The van der Waals surface area contributed by atoms with E-state index < -0.39 is 12.0 Å². The number of carbonyl (C=O) groups is 1. The fourth-order valence-corrected chi connectivity index (χ4v) is 4.68. The zero-order chi connectivity index (χ0) is 17.3. The van der Waals surface area contributed by atoms with Crippen LogP contribution in [-0.2, 0) is 11.3 Å². The Labute approximate surface area is 151 Å². The number of halogens is 1. The molecule has 0 radical (unpaired) electrons. The number of hydrogen-bond donors (Lipinski definition) is 1. The lowest BCUT2D eigenvalue weighted by Gasteiger charge is -2.33. The summed E-state index contributed by atoms with van der Waals surface area (Å²) in [7, 11) is 3.22. The number of benzene rings is 1. The van der Waals surface area contributed by atoms with Gasteiger partial charge < -0.3 is 14.6 Å². The number of likely N-dealkylation sites (tertiary alicyclic amines) is 1. The first-order chi connectivity index (χ1) is 11.5. The zero-order valence-corrected chi connectivity index (χ0v) is 15.7. The standard InChI is InChI=1S/C18H24BrNO4/c1-23-16-8-12(13(19)9-17(16)24-2)10-20-14-6-4-3-5-11(14)7-15(20)18(21)22/h8-9,11,14-15H,3-7,10H2,1-2H3,(H,21,22). The number of rotatable bonds is 5. The fourth-order valence-electron chi connectivity index (χ4n) is 4.24. The minimum absolute atomic E-state index is 0.375. The number of ether oxygens (including phenoxy) is 2. The van der Waals surface area contributed by atoms with Crippen LogP contribution in [0, 0.1) is 5.92 Å². The first-order valence-corrected chi connectivity index (χ1v) is 9.23. The van der Waals surface area contributed by atoms with E-state index in [1.807, 2.05) is 12.1 Å². The van der Waals surface area contributed by atoms with E-state index in [4.69, 9.17) is 9.47 Å². The van der Waals surface area contributed by atoms with Gasteiger partial charge in [0.25, 0.3) is 0 Å². The Morgan fingerprint density at radius 2 is 1.92 bits per heavy atom. The second kappa shape index (κ2) is 7.31. The highest BCUT2D eigenvalue weighted by molar-refractivity contribution is 9.10. The van der Waals surface area contributed by atoms with Gasteiger partial charge in [-0.3, -0.25) is 9.69 Å². The molecule has 1 aliphatic heterocycles. The summed E-state index contributed by atoms with van der Waals surface area (Å²) >= 11 is 3.59. The topological polar surface area (TPSA) is 59.0 Å². The molecule has 1 saturated heterocycles. The van der Waals surface area contributed by atoms with E-state index >= 15 is 0 Å². The molecule has 1 N–H and O–H groups in total. The lowest BCUT2D eigenvalue weighted by molar-refractivity contribution is -0.142. The average molecular weight is 398 g/mol. The van der Waals surface area contributed by atoms with E-state index in [0.717, 1.165) is 29.3 Å². The van der Waals surface area contributed by atoms with Crippen molar-refractivity contribution in [3.63, 3.8) is 0 Å².